The van der Waals surface area contributed by atoms with Gasteiger partial charge >= 0.3 is 17.9 Å². The zero-order valence-electron chi connectivity index (χ0n) is 10.5. The minimum Gasteiger partial charge on any atom is -0.395 e. The van der Waals surface area contributed by atoms with Gasteiger partial charge in [0.1, 0.15) is 0 Å². The highest BCUT2D eigenvalue weighted by atomic mass is 16.8. The predicted molar refractivity (Wildman–Crippen MR) is 63.1 cm³/mol. The molecule has 0 aromatic carbocycles. The van der Waals surface area contributed by atoms with Crippen LogP contribution in [0.3, 0.4) is 0 Å². The van der Waals surface area contributed by atoms with Crippen LogP contribution < -0.4 is 0 Å². The van der Waals surface area contributed by atoms with Gasteiger partial charge in [0.25, 0.3) is 0 Å². The van der Waals surface area contributed by atoms with Gasteiger partial charge in [-0.05, 0) is 20.3 Å². The molecule has 2 N–H and O–H groups in total. The van der Waals surface area contributed by atoms with Crippen LogP contribution in [-0.4, -0.2) is 33.7 Å². The molecule has 0 bridgehead atoms. The Kier molecular flexibility index (Phi) is 5.74. The maximum atomic E-state index is 11.0. The van der Waals surface area contributed by atoms with Crippen molar-refractivity contribution in [1.82, 2.24) is 0 Å². The van der Waals surface area contributed by atoms with Crippen LogP contribution in [0.15, 0.2) is 25.3 Å². The Labute approximate surface area is 106 Å². The number of aliphatic hydroxyl groups is 2. The highest BCUT2D eigenvalue weighted by molar-refractivity contribution is 5.83. The third-order valence-corrected chi connectivity index (χ3v) is 1.91. The van der Waals surface area contributed by atoms with Gasteiger partial charge in [0, 0.05) is 12.2 Å². The number of rotatable bonds is 7. The average Bonchev–Trinajstić information content (AvgIpc) is 2.25. The zero-order valence-corrected chi connectivity index (χ0v) is 10.5. The van der Waals surface area contributed by atoms with E-state index in [0.29, 0.717) is 0 Å². The Morgan fingerprint density at radius 2 is 1.44 bits per heavy atom. The molecule has 0 aliphatic rings. The topological polar surface area (TPSA) is 93.1 Å². The Hall–Kier alpha value is -1.66. The minimum atomic E-state index is -2.45. The van der Waals surface area contributed by atoms with E-state index in [4.69, 9.17) is 0 Å². The maximum absolute atomic E-state index is 11.0. The fourth-order valence-electron chi connectivity index (χ4n) is 0.984. The molecule has 0 fully saturated rings. The molecule has 0 saturated carbocycles. The summed E-state index contributed by atoms with van der Waals surface area (Å²) in [6, 6.07) is 0. The van der Waals surface area contributed by atoms with Gasteiger partial charge in [0.15, 0.2) is 0 Å². The molecule has 6 nitrogen and oxygen atoms in total. The van der Waals surface area contributed by atoms with Crippen molar-refractivity contribution < 1.29 is 29.3 Å². The van der Waals surface area contributed by atoms with Crippen molar-refractivity contribution in [3.05, 3.63) is 25.3 Å². The predicted octanol–water partition coefficient (Wildman–Crippen LogP) is 0.642. The highest BCUT2D eigenvalue weighted by Crippen LogP contribution is 2.22. The summed E-state index contributed by atoms with van der Waals surface area (Å²) in [7, 11) is 0. The molecule has 18 heavy (non-hydrogen) atoms. The molecule has 0 amide bonds. The lowest BCUT2D eigenvalue weighted by Crippen LogP contribution is -2.41. The van der Waals surface area contributed by atoms with E-state index in [2.05, 4.69) is 22.6 Å². The molecule has 0 aromatic rings. The molecule has 0 heterocycles. The molecule has 0 saturated heterocycles. The van der Waals surface area contributed by atoms with Crippen LogP contribution in [0.2, 0.25) is 0 Å². The molecule has 0 unspecified atom stereocenters. The lowest BCUT2D eigenvalue weighted by atomic mass is 10.0. The van der Waals surface area contributed by atoms with Crippen molar-refractivity contribution in [1.29, 1.82) is 0 Å². The Morgan fingerprint density at radius 3 is 1.72 bits per heavy atom. The van der Waals surface area contributed by atoms with E-state index < -0.39 is 23.5 Å². The lowest BCUT2D eigenvalue weighted by Gasteiger charge is -2.28. The number of esters is 2. The van der Waals surface area contributed by atoms with Crippen molar-refractivity contribution in [2.24, 2.45) is 0 Å². The Morgan fingerprint density at radius 1 is 1.06 bits per heavy atom. The minimum absolute atomic E-state index is 0.0400. The third-order valence-electron chi connectivity index (χ3n) is 1.91. The van der Waals surface area contributed by atoms with Gasteiger partial charge in [-0.1, -0.05) is 13.2 Å². The van der Waals surface area contributed by atoms with Crippen LogP contribution in [0.25, 0.3) is 0 Å². The molecule has 6 heteroatoms. The molecular formula is C12H18O6. The molecule has 0 aliphatic heterocycles. The van der Waals surface area contributed by atoms with Crippen LogP contribution in [0.1, 0.15) is 26.7 Å². The van der Waals surface area contributed by atoms with Gasteiger partial charge in [-0.2, -0.15) is 0 Å². The van der Waals surface area contributed by atoms with E-state index in [0.717, 1.165) is 12.2 Å². The van der Waals surface area contributed by atoms with Gasteiger partial charge < -0.3 is 19.7 Å². The largest absolute Gasteiger partial charge is 0.395 e. The van der Waals surface area contributed by atoms with Crippen molar-refractivity contribution in [2.45, 2.75) is 38.3 Å². The van der Waals surface area contributed by atoms with E-state index in [9.17, 15) is 19.8 Å². The first-order valence-electron chi connectivity index (χ1n) is 5.27. The Bertz CT molecular complexity index is 317. The van der Waals surface area contributed by atoms with Crippen LogP contribution in [0, 0.1) is 0 Å². The third kappa shape index (κ3) is 6.82. The van der Waals surface area contributed by atoms with Gasteiger partial charge in [-0.3, -0.25) is 0 Å². The summed E-state index contributed by atoms with van der Waals surface area (Å²) in [5, 5.41) is 19.4. The summed E-state index contributed by atoms with van der Waals surface area (Å²) in [6.45, 7) is 9.31. The summed E-state index contributed by atoms with van der Waals surface area (Å²) in [5.41, 5.74) is -1.12. The molecule has 0 rings (SSSR count). The summed E-state index contributed by atoms with van der Waals surface area (Å²) in [4.78, 5) is 22.1. The summed E-state index contributed by atoms with van der Waals surface area (Å²) < 4.78 is 9.10. The number of hydrogen-bond acceptors (Lipinski definition) is 6. The van der Waals surface area contributed by atoms with E-state index in [-0.39, 0.29) is 12.8 Å². The molecule has 0 atom stereocenters. The van der Waals surface area contributed by atoms with E-state index in [1.165, 1.54) is 13.8 Å². The second-order valence-electron chi connectivity index (χ2n) is 4.28. The standard InChI is InChI=1S/C12H18O6/c1-5-9(13)17-12(16,18-10(14)6-2)8-7-11(3,4)15/h5-6,15-16H,1-2,7-8H2,3-4H3. The summed E-state index contributed by atoms with van der Waals surface area (Å²) in [5.74, 6) is -4.36. The fraction of sp³-hybridized carbons (Fsp3) is 0.500. The van der Waals surface area contributed by atoms with Gasteiger partial charge in [0.2, 0.25) is 0 Å². The number of ether oxygens (including phenoxy) is 2. The normalized spacial score (nSPS) is 11.6. The lowest BCUT2D eigenvalue weighted by molar-refractivity contribution is -0.326. The zero-order chi connectivity index (χ0) is 14.4. The van der Waals surface area contributed by atoms with Crippen molar-refractivity contribution in [3.63, 3.8) is 0 Å². The summed E-state index contributed by atoms with van der Waals surface area (Å²) >= 11 is 0. The Balaban J connectivity index is 4.78. The fourth-order valence-corrected chi connectivity index (χ4v) is 0.984. The first kappa shape index (κ1) is 16.3. The number of carbonyl (C=O) groups excluding carboxylic acids is 2. The smallest absolute Gasteiger partial charge is 0.373 e. The van der Waals surface area contributed by atoms with Crippen LogP contribution in [0.4, 0.5) is 0 Å². The quantitative estimate of drug-likeness (QED) is 0.395. The van der Waals surface area contributed by atoms with Crippen molar-refractivity contribution in [3.8, 4) is 0 Å². The number of carbonyl (C=O) groups is 2. The first-order valence-corrected chi connectivity index (χ1v) is 5.27. The number of hydrogen-bond donors (Lipinski definition) is 2. The van der Waals surface area contributed by atoms with E-state index >= 15 is 0 Å². The van der Waals surface area contributed by atoms with Gasteiger partial charge in [-0.25, -0.2) is 9.59 Å². The molecule has 102 valence electrons. The van der Waals surface area contributed by atoms with E-state index in [1.807, 2.05) is 0 Å². The molecule has 0 aliphatic carbocycles. The SMILES string of the molecule is C=CC(=O)OC(O)(CCC(C)(C)O)OC(=O)C=C. The van der Waals surface area contributed by atoms with Gasteiger partial charge in [0.05, 0.1) is 12.0 Å². The molecule has 0 aromatic heterocycles. The van der Waals surface area contributed by atoms with Crippen LogP contribution >= 0.6 is 0 Å². The second-order valence-corrected chi connectivity index (χ2v) is 4.28. The van der Waals surface area contributed by atoms with Crippen molar-refractivity contribution >= 4 is 11.9 Å². The second kappa shape index (κ2) is 6.32. The molecular weight excluding hydrogens is 240 g/mol. The monoisotopic (exact) mass is 258 g/mol. The first-order chi connectivity index (χ1) is 8.12. The highest BCUT2D eigenvalue weighted by Gasteiger charge is 2.37. The van der Waals surface area contributed by atoms with Crippen LogP contribution in [-0.2, 0) is 19.1 Å². The van der Waals surface area contributed by atoms with Gasteiger partial charge in [-0.15, -0.1) is 0 Å². The van der Waals surface area contributed by atoms with Crippen LogP contribution in [0.5, 0.6) is 0 Å². The van der Waals surface area contributed by atoms with E-state index in [1.54, 1.807) is 0 Å². The molecule has 0 spiro atoms. The molecule has 0 radical (unpaired) electrons. The average molecular weight is 258 g/mol. The maximum Gasteiger partial charge on any atom is 0.373 e. The summed E-state index contributed by atoms with van der Waals surface area (Å²) in [6.07, 6.45) is 1.39. The van der Waals surface area contributed by atoms with Crippen molar-refractivity contribution in [2.75, 3.05) is 0 Å².